The number of aromatic nitrogens is 4. The summed E-state index contributed by atoms with van der Waals surface area (Å²) in [7, 11) is 1.56. The van der Waals surface area contributed by atoms with Gasteiger partial charge in [0.05, 0.1) is 11.0 Å². The lowest BCUT2D eigenvalue weighted by atomic mass is 10.1. The second-order valence-corrected chi connectivity index (χ2v) is 7.71. The summed E-state index contributed by atoms with van der Waals surface area (Å²) in [5, 5.41) is 5.89. The van der Waals surface area contributed by atoms with Gasteiger partial charge in [-0.25, -0.2) is 4.98 Å². The molecule has 0 aliphatic carbocycles. The number of anilines is 2. The highest BCUT2D eigenvalue weighted by molar-refractivity contribution is 5.92. The Morgan fingerprint density at radius 1 is 0.941 bits per heavy atom. The highest BCUT2D eigenvalue weighted by Gasteiger charge is 2.09. The van der Waals surface area contributed by atoms with Crippen LogP contribution >= 0.6 is 0 Å². The molecule has 0 aliphatic rings. The van der Waals surface area contributed by atoms with Crippen molar-refractivity contribution in [2.75, 3.05) is 12.4 Å². The van der Waals surface area contributed by atoms with E-state index in [-0.39, 0.29) is 10.2 Å². The van der Waals surface area contributed by atoms with E-state index in [1.807, 2.05) is 49.5 Å². The van der Waals surface area contributed by atoms with Gasteiger partial charge in [-0.2, -0.15) is 0 Å². The average molecular weight is 457 g/mol. The zero-order chi connectivity index (χ0) is 23.5. The average Bonchev–Trinajstić information content (AvgIpc) is 3.25. The van der Waals surface area contributed by atoms with E-state index in [0.29, 0.717) is 23.1 Å². The van der Waals surface area contributed by atoms with Gasteiger partial charge in [-0.1, -0.05) is 12.1 Å². The fourth-order valence-electron chi connectivity index (χ4n) is 3.61. The Bertz CT molecular complexity index is 1510. The second kappa shape index (κ2) is 9.03. The summed E-state index contributed by atoms with van der Waals surface area (Å²) in [5.74, 6) is 1.50. The Kier molecular flexibility index (Phi) is 5.61. The van der Waals surface area contributed by atoms with Crippen molar-refractivity contribution < 1.29 is 13.8 Å². The highest BCUT2D eigenvalue weighted by atomic mass is 16.5. The molecule has 0 aliphatic heterocycles. The van der Waals surface area contributed by atoms with Crippen molar-refractivity contribution in [2.24, 2.45) is 0 Å². The Hall–Kier alpha value is -4.72. The summed E-state index contributed by atoms with van der Waals surface area (Å²) in [6, 6.07) is 21.1. The Balaban J connectivity index is 0.00000160. The van der Waals surface area contributed by atoms with Crippen LogP contribution in [0.25, 0.3) is 22.2 Å². The molecule has 8 heteroatoms. The Morgan fingerprint density at radius 2 is 1.76 bits per heavy atom. The molecular weight excluding hydrogens is 428 g/mol. The lowest BCUT2D eigenvalue weighted by Crippen LogP contribution is -2.18. The number of carbonyl (C=O) groups is 1. The van der Waals surface area contributed by atoms with Crippen LogP contribution in [-0.4, -0.2) is 32.9 Å². The normalized spacial score (nSPS) is 10.8. The summed E-state index contributed by atoms with van der Waals surface area (Å²) < 4.78 is 5.93. The largest absolute Gasteiger partial charge is 0.457 e. The molecule has 34 heavy (non-hydrogen) atoms. The van der Waals surface area contributed by atoms with Crippen molar-refractivity contribution in [3.8, 4) is 22.6 Å². The molecule has 0 unspecified atom stereocenters. The number of ether oxygens (including phenoxy) is 1. The van der Waals surface area contributed by atoms with Gasteiger partial charge < -0.3 is 20.4 Å². The van der Waals surface area contributed by atoms with Crippen LogP contribution in [-0.2, 0) is 0 Å². The van der Waals surface area contributed by atoms with Crippen molar-refractivity contribution in [2.45, 2.75) is 6.92 Å². The summed E-state index contributed by atoms with van der Waals surface area (Å²) in [6.45, 7) is 1.98. The van der Waals surface area contributed by atoms with E-state index in [0.717, 1.165) is 33.5 Å². The molecule has 0 saturated carbocycles. The molecule has 3 heterocycles. The summed E-state index contributed by atoms with van der Waals surface area (Å²) in [6.07, 6.45) is 3.35. The first-order valence-corrected chi connectivity index (χ1v) is 10.7. The number of aromatic amines is 1. The smallest absolute Gasteiger partial charge is 0.269 e. The minimum Gasteiger partial charge on any atom is -0.457 e. The quantitative estimate of drug-likeness (QED) is 0.291. The van der Waals surface area contributed by atoms with Gasteiger partial charge in [0, 0.05) is 47.2 Å². The van der Waals surface area contributed by atoms with E-state index in [1.54, 1.807) is 19.2 Å². The van der Waals surface area contributed by atoms with Gasteiger partial charge in [0.2, 0.25) is 5.95 Å². The maximum Gasteiger partial charge on any atom is 0.269 e. The van der Waals surface area contributed by atoms with E-state index in [2.05, 4.69) is 48.8 Å². The minimum absolute atomic E-state index is 0. The Labute approximate surface area is 200 Å². The molecule has 0 saturated heterocycles. The SMILES string of the molecule is CNC(=O)c1cc(Oc2ccc3nc(Nc4cccc(-c5ccnc(C)c5)c4)[nH]c3c2)ccn1.[HH].[HH].[HH]. The van der Waals surface area contributed by atoms with Gasteiger partial charge in [-0.3, -0.25) is 14.8 Å². The number of pyridine rings is 2. The molecule has 8 nitrogen and oxygen atoms in total. The van der Waals surface area contributed by atoms with Crippen LogP contribution in [0.1, 0.15) is 20.5 Å². The Morgan fingerprint density at radius 3 is 2.62 bits per heavy atom. The van der Waals surface area contributed by atoms with E-state index in [4.69, 9.17) is 4.74 Å². The number of hydrogen-bond acceptors (Lipinski definition) is 6. The molecule has 3 aromatic heterocycles. The predicted octanol–water partition coefficient (Wildman–Crippen LogP) is 5.96. The van der Waals surface area contributed by atoms with E-state index < -0.39 is 0 Å². The summed E-state index contributed by atoms with van der Waals surface area (Å²) in [5.41, 5.74) is 6.01. The van der Waals surface area contributed by atoms with Crippen LogP contribution in [0, 0.1) is 6.92 Å². The second-order valence-electron chi connectivity index (χ2n) is 7.71. The molecule has 3 N–H and O–H groups in total. The van der Waals surface area contributed by atoms with Gasteiger partial charge in [0.25, 0.3) is 5.91 Å². The number of amides is 1. The predicted molar refractivity (Wildman–Crippen MR) is 138 cm³/mol. The number of rotatable bonds is 6. The fraction of sp³-hybridized carbons (Fsp3) is 0.0769. The van der Waals surface area contributed by atoms with Gasteiger partial charge in [0.1, 0.15) is 17.2 Å². The first kappa shape index (κ1) is 21.1. The molecule has 1 amide bonds. The molecule has 0 bridgehead atoms. The molecule has 0 fully saturated rings. The van der Waals surface area contributed by atoms with Gasteiger partial charge in [-0.05, 0) is 60.5 Å². The molecule has 5 aromatic rings. The third-order valence-electron chi connectivity index (χ3n) is 5.24. The standard InChI is InChI=1S/C26H22N6O2.3H2/c1-16-12-18(8-10-28-16)17-4-3-5-19(13-17)30-26-31-22-7-6-20(14-23(22)32-26)34-21-9-11-29-24(15-21)25(33)27-2;;;/h3-15H,1-2H3,(H,27,33)(H2,30,31,32);3*1H. The number of nitrogens with zero attached hydrogens (tertiary/aromatic N) is 3. The van der Waals surface area contributed by atoms with Crippen LogP contribution in [0.4, 0.5) is 11.6 Å². The number of hydrogen-bond donors (Lipinski definition) is 3. The van der Waals surface area contributed by atoms with Crippen LogP contribution in [0.15, 0.2) is 79.1 Å². The molecule has 2 aromatic carbocycles. The molecule has 174 valence electrons. The van der Waals surface area contributed by atoms with E-state index >= 15 is 0 Å². The first-order chi connectivity index (χ1) is 16.6. The number of benzene rings is 2. The van der Waals surface area contributed by atoms with Crippen molar-refractivity contribution in [3.63, 3.8) is 0 Å². The third kappa shape index (κ3) is 4.56. The molecule has 0 radical (unpaired) electrons. The summed E-state index contributed by atoms with van der Waals surface area (Å²) in [4.78, 5) is 28.0. The number of imidazole rings is 1. The third-order valence-corrected chi connectivity index (χ3v) is 5.24. The lowest BCUT2D eigenvalue weighted by molar-refractivity contribution is 0.0958. The topological polar surface area (TPSA) is 105 Å². The van der Waals surface area contributed by atoms with Crippen LogP contribution in [0.5, 0.6) is 11.5 Å². The van der Waals surface area contributed by atoms with Gasteiger partial charge in [0.15, 0.2) is 0 Å². The van der Waals surface area contributed by atoms with Crippen molar-refractivity contribution in [1.29, 1.82) is 0 Å². The summed E-state index contributed by atoms with van der Waals surface area (Å²) >= 11 is 0. The molecule has 0 spiro atoms. The first-order valence-electron chi connectivity index (χ1n) is 10.7. The van der Waals surface area contributed by atoms with Crippen LogP contribution in [0.2, 0.25) is 0 Å². The van der Waals surface area contributed by atoms with E-state index in [9.17, 15) is 4.79 Å². The fourth-order valence-corrected chi connectivity index (χ4v) is 3.61. The van der Waals surface area contributed by atoms with Crippen molar-refractivity contribution in [1.82, 2.24) is 25.3 Å². The van der Waals surface area contributed by atoms with Crippen LogP contribution in [0.3, 0.4) is 0 Å². The zero-order valence-corrected chi connectivity index (χ0v) is 18.7. The van der Waals surface area contributed by atoms with Gasteiger partial charge >= 0.3 is 0 Å². The van der Waals surface area contributed by atoms with E-state index in [1.165, 1.54) is 6.20 Å². The number of fused-ring (bicyclic) bond motifs is 1. The number of carbonyl (C=O) groups excluding carboxylic acids is 1. The van der Waals surface area contributed by atoms with Crippen molar-refractivity contribution >= 4 is 28.6 Å². The molecule has 0 atom stereocenters. The molecule has 5 rings (SSSR count). The highest BCUT2D eigenvalue weighted by Crippen LogP contribution is 2.28. The lowest BCUT2D eigenvalue weighted by Gasteiger charge is -2.07. The number of aryl methyl sites for hydroxylation is 1. The van der Waals surface area contributed by atoms with Crippen LogP contribution < -0.4 is 15.4 Å². The molecular formula is C26H28N6O2. The zero-order valence-electron chi connectivity index (χ0n) is 18.7. The van der Waals surface area contributed by atoms with Crippen molar-refractivity contribution in [3.05, 3.63) is 90.5 Å². The minimum atomic E-state index is -0.270. The van der Waals surface area contributed by atoms with Gasteiger partial charge in [-0.15, -0.1) is 0 Å². The monoisotopic (exact) mass is 456 g/mol. The number of nitrogens with one attached hydrogen (secondary N) is 3. The maximum absolute atomic E-state index is 11.8. The maximum atomic E-state index is 11.8. The number of H-pyrrole nitrogens is 1.